The lowest BCUT2D eigenvalue weighted by Gasteiger charge is -2.18. The van der Waals surface area contributed by atoms with E-state index in [2.05, 4.69) is 18.8 Å². The Morgan fingerprint density at radius 1 is 1.47 bits per heavy atom. The zero-order chi connectivity index (χ0) is 11.4. The van der Waals surface area contributed by atoms with Gasteiger partial charge < -0.3 is 9.84 Å². The Bertz CT molecular complexity index is 328. The molecule has 1 N–H and O–H groups in total. The summed E-state index contributed by atoms with van der Waals surface area (Å²) >= 11 is 5.96. The van der Waals surface area contributed by atoms with Crippen molar-refractivity contribution in [2.45, 2.75) is 33.5 Å². The molecule has 1 rings (SSSR count). The van der Waals surface area contributed by atoms with E-state index in [1.54, 1.807) is 12.3 Å². The molecule has 0 spiro atoms. The molecule has 1 aromatic heterocycles. The Kier molecular flexibility index (Phi) is 4.36. The van der Waals surface area contributed by atoms with E-state index >= 15 is 0 Å². The van der Waals surface area contributed by atoms with Crippen LogP contribution in [0.15, 0.2) is 12.3 Å². The molecule has 0 aliphatic carbocycles. The van der Waals surface area contributed by atoms with Crippen LogP contribution in [0.2, 0.25) is 5.02 Å². The van der Waals surface area contributed by atoms with E-state index in [4.69, 9.17) is 21.4 Å². The van der Waals surface area contributed by atoms with Crippen LogP contribution >= 0.6 is 11.6 Å². The van der Waals surface area contributed by atoms with Gasteiger partial charge in [0, 0.05) is 6.20 Å². The van der Waals surface area contributed by atoms with Crippen LogP contribution in [-0.2, 0) is 6.61 Å². The number of aliphatic hydroxyl groups is 1. The second-order valence-electron chi connectivity index (χ2n) is 3.86. The SMILES string of the molecule is CC(C)C(C)Oc1ncc(CO)cc1Cl. The van der Waals surface area contributed by atoms with E-state index in [0.717, 1.165) is 0 Å². The Morgan fingerprint density at radius 3 is 2.60 bits per heavy atom. The number of pyridine rings is 1. The molecule has 1 unspecified atom stereocenters. The number of aromatic nitrogens is 1. The van der Waals surface area contributed by atoms with Gasteiger partial charge in [0.1, 0.15) is 5.02 Å². The third kappa shape index (κ3) is 3.36. The van der Waals surface area contributed by atoms with E-state index in [0.29, 0.717) is 22.4 Å². The van der Waals surface area contributed by atoms with Crippen molar-refractivity contribution in [2.75, 3.05) is 0 Å². The third-order valence-electron chi connectivity index (χ3n) is 2.28. The monoisotopic (exact) mass is 229 g/mol. The van der Waals surface area contributed by atoms with Crippen molar-refractivity contribution < 1.29 is 9.84 Å². The van der Waals surface area contributed by atoms with Crippen LogP contribution in [0.5, 0.6) is 5.88 Å². The quantitative estimate of drug-likeness (QED) is 0.863. The first-order chi connectivity index (χ1) is 7.04. The van der Waals surface area contributed by atoms with E-state index < -0.39 is 0 Å². The molecule has 0 saturated carbocycles. The molecule has 0 radical (unpaired) electrons. The average molecular weight is 230 g/mol. The fourth-order valence-corrected chi connectivity index (χ4v) is 1.18. The maximum atomic E-state index is 8.88. The lowest BCUT2D eigenvalue weighted by molar-refractivity contribution is 0.163. The summed E-state index contributed by atoms with van der Waals surface area (Å²) in [5, 5.41) is 9.32. The van der Waals surface area contributed by atoms with Crippen LogP contribution in [0.4, 0.5) is 0 Å². The lowest BCUT2D eigenvalue weighted by atomic mass is 10.1. The van der Waals surface area contributed by atoms with Crippen LogP contribution in [0, 0.1) is 5.92 Å². The summed E-state index contributed by atoms with van der Waals surface area (Å²) in [4.78, 5) is 4.06. The summed E-state index contributed by atoms with van der Waals surface area (Å²) in [6.45, 7) is 6.05. The molecule has 4 heteroatoms. The maximum absolute atomic E-state index is 8.88. The van der Waals surface area contributed by atoms with Gasteiger partial charge in [0.05, 0.1) is 12.7 Å². The Morgan fingerprint density at radius 2 is 2.13 bits per heavy atom. The van der Waals surface area contributed by atoms with Gasteiger partial charge in [0.25, 0.3) is 0 Å². The van der Waals surface area contributed by atoms with Gasteiger partial charge >= 0.3 is 0 Å². The second-order valence-corrected chi connectivity index (χ2v) is 4.26. The molecular weight excluding hydrogens is 214 g/mol. The van der Waals surface area contributed by atoms with Gasteiger partial charge in [-0.05, 0) is 24.5 Å². The Balaban J connectivity index is 2.78. The van der Waals surface area contributed by atoms with Crippen molar-refractivity contribution in [3.05, 3.63) is 22.8 Å². The zero-order valence-electron chi connectivity index (χ0n) is 9.20. The third-order valence-corrected chi connectivity index (χ3v) is 2.55. The first-order valence-corrected chi connectivity index (χ1v) is 5.34. The normalized spacial score (nSPS) is 12.9. The molecule has 0 aromatic carbocycles. The number of aliphatic hydroxyl groups excluding tert-OH is 1. The van der Waals surface area contributed by atoms with Crippen LogP contribution in [0.1, 0.15) is 26.3 Å². The summed E-state index contributed by atoms with van der Waals surface area (Å²) in [5.74, 6) is 0.829. The number of nitrogens with zero attached hydrogens (tertiary/aromatic N) is 1. The summed E-state index contributed by atoms with van der Waals surface area (Å²) in [6.07, 6.45) is 1.63. The summed E-state index contributed by atoms with van der Waals surface area (Å²) < 4.78 is 5.58. The van der Waals surface area contributed by atoms with Crippen molar-refractivity contribution in [3.8, 4) is 5.88 Å². The molecule has 1 atom stereocenters. The highest BCUT2D eigenvalue weighted by atomic mass is 35.5. The van der Waals surface area contributed by atoms with Gasteiger partial charge in [0.2, 0.25) is 5.88 Å². The minimum atomic E-state index is -0.0628. The smallest absolute Gasteiger partial charge is 0.232 e. The molecule has 0 bridgehead atoms. The predicted molar refractivity (Wildman–Crippen MR) is 60.1 cm³/mol. The number of ether oxygens (including phenoxy) is 1. The summed E-state index contributed by atoms with van der Waals surface area (Å²) in [7, 11) is 0. The van der Waals surface area contributed by atoms with Crippen LogP contribution < -0.4 is 4.74 Å². The molecule has 0 amide bonds. The predicted octanol–water partition coefficient (Wildman–Crippen LogP) is 2.65. The molecule has 0 saturated heterocycles. The zero-order valence-corrected chi connectivity index (χ0v) is 9.95. The molecule has 84 valence electrons. The minimum Gasteiger partial charge on any atom is -0.473 e. The molecule has 0 fully saturated rings. The van der Waals surface area contributed by atoms with E-state index in [1.807, 2.05) is 6.92 Å². The second kappa shape index (κ2) is 5.33. The van der Waals surface area contributed by atoms with Crippen molar-refractivity contribution >= 4 is 11.6 Å². The number of halogens is 1. The van der Waals surface area contributed by atoms with Gasteiger partial charge in [-0.2, -0.15) is 0 Å². The standard InChI is InChI=1S/C11H16ClNO2/c1-7(2)8(3)15-11-10(12)4-9(6-14)5-13-11/h4-5,7-8,14H,6H2,1-3H3. The first kappa shape index (κ1) is 12.3. The highest BCUT2D eigenvalue weighted by molar-refractivity contribution is 6.31. The van der Waals surface area contributed by atoms with Gasteiger partial charge in [0.15, 0.2) is 0 Å². The highest BCUT2D eigenvalue weighted by Crippen LogP contribution is 2.24. The van der Waals surface area contributed by atoms with Gasteiger partial charge in [-0.15, -0.1) is 0 Å². The lowest BCUT2D eigenvalue weighted by Crippen LogP contribution is -2.19. The maximum Gasteiger partial charge on any atom is 0.232 e. The fourth-order valence-electron chi connectivity index (χ4n) is 0.950. The Hall–Kier alpha value is -0.800. The van der Waals surface area contributed by atoms with Gasteiger partial charge in [-0.3, -0.25) is 0 Å². The number of hydrogen-bond acceptors (Lipinski definition) is 3. The number of hydrogen-bond donors (Lipinski definition) is 1. The molecule has 0 aliphatic rings. The van der Waals surface area contributed by atoms with Crippen LogP contribution in [0.3, 0.4) is 0 Å². The van der Waals surface area contributed by atoms with Crippen molar-refractivity contribution in [1.29, 1.82) is 0 Å². The van der Waals surface area contributed by atoms with Crippen molar-refractivity contribution in [2.24, 2.45) is 5.92 Å². The molecular formula is C11H16ClNO2. The fraction of sp³-hybridized carbons (Fsp3) is 0.545. The van der Waals surface area contributed by atoms with Crippen LogP contribution in [-0.4, -0.2) is 16.2 Å². The van der Waals surface area contributed by atoms with E-state index in [-0.39, 0.29) is 12.7 Å². The summed E-state index contributed by atoms with van der Waals surface area (Å²) in [6, 6.07) is 1.66. The number of rotatable bonds is 4. The van der Waals surface area contributed by atoms with Gasteiger partial charge in [-0.25, -0.2) is 4.98 Å². The minimum absolute atomic E-state index is 0.0628. The highest BCUT2D eigenvalue weighted by Gasteiger charge is 2.12. The molecule has 1 heterocycles. The molecule has 0 aliphatic heterocycles. The van der Waals surface area contributed by atoms with Crippen molar-refractivity contribution in [3.63, 3.8) is 0 Å². The average Bonchev–Trinajstić information content (AvgIpc) is 2.20. The van der Waals surface area contributed by atoms with Crippen LogP contribution in [0.25, 0.3) is 0 Å². The van der Waals surface area contributed by atoms with E-state index in [9.17, 15) is 0 Å². The van der Waals surface area contributed by atoms with E-state index in [1.165, 1.54) is 0 Å². The largest absolute Gasteiger partial charge is 0.473 e. The molecule has 3 nitrogen and oxygen atoms in total. The van der Waals surface area contributed by atoms with Crippen molar-refractivity contribution in [1.82, 2.24) is 4.98 Å². The first-order valence-electron chi connectivity index (χ1n) is 4.96. The van der Waals surface area contributed by atoms with Gasteiger partial charge in [-0.1, -0.05) is 25.4 Å². The molecule has 15 heavy (non-hydrogen) atoms. The Labute approximate surface area is 95.1 Å². The summed E-state index contributed by atoms with van der Waals surface area (Å²) in [5.41, 5.74) is 0.685. The topological polar surface area (TPSA) is 42.4 Å². The molecule has 1 aromatic rings.